The van der Waals surface area contributed by atoms with Crippen LogP contribution in [0.1, 0.15) is 70.6 Å². The van der Waals surface area contributed by atoms with E-state index in [1.54, 1.807) is 0 Å². The zero-order valence-corrected chi connectivity index (χ0v) is 20.8. The molecule has 0 N–H and O–H groups in total. The molecule has 2 atom stereocenters. The average molecular weight is 520 g/mol. The van der Waals surface area contributed by atoms with Crippen LogP contribution in [0.25, 0.3) is 0 Å². The molecule has 8 aliphatic carbocycles. The normalized spacial score (nSPS) is 54.6. The summed E-state index contributed by atoms with van der Waals surface area (Å²) < 4.78 is 0. The minimum atomic E-state index is -0.840. The van der Waals surface area contributed by atoms with Crippen molar-refractivity contribution in [2.45, 2.75) is 70.6 Å². The number of halogens is 4. The van der Waals surface area contributed by atoms with E-state index in [2.05, 4.69) is 0 Å². The van der Waals surface area contributed by atoms with Crippen LogP contribution in [0.2, 0.25) is 0 Å². The highest BCUT2D eigenvalue weighted by Gasteiger charge is 2.78. The van der Waals surface area contributed by atoms with E-state index in [4.69, 9.17) is 46.4 Å². The van der Waals surface area contributed by atoms with Gasteiger partial charge >= 0.3 is 0 Å². The first kappa shape index (κ1) is 22.3. The zero-order valence-electron chi connectivity index (χ0n) is 17.7. The van der Waals surface area contributed by atoms with Crippen LogP contribution in [0.15, 0.2) is 0 Å². The van der Waals surface area contributed by atoms with E-state index in [0.717, 1.165) is 12.8 Å². The van der Waals surface area contributed by atoms with Crippen LogP contribution in [-0.4, -0.2) is 21.0 Å². The zero-order chi connectivity index (χ0) is 22.9. The number of hydrogen-bond acceptors (Lipinski definition) is 4. The summed E-state index contributed by atoms with van der Waals surface area (Å²) in [6.45, 7) is 0. The Kier molecular flexibility index (Phi) is 4.55. The first-order valence-corrected chi connectivity index (χ1v) is 13.2. The third-order valence-electron chi connectivity index (χ3n) is 10.7. The molecule has 8 saturated carbocycles. The summed E-state index contributed by atoms with van der Waals surface area (Å²) >= 11 is 25.3. The van der Waals surface area contributed by atoms with Crippen LogP contribution < -0.4 is 0 Å². The molecule has 8 fully saturated rings. The molecule has 8 rings (SSSR count). The number of carbonyl (C=O) groups is 4. The summed E-state index contributed by atoms with van der Waals surface area (Å²) in [5.41, 5.74) is -3.93. The van der Waals surface area contributed by atoms with Gasteiger partial charge in [0.25, 0.3) is 0 Å². The molecular weight excluding hydrogens is 494 g/mol. The Hall–Kier alpha value is -0.160. The van der Waals surface area contributed by atoms with Gasteiger partial charge < -0.3 is 0 Å². The molecule has 0 heterocycles. The van der Waals surface area contributed by atoms with Crippen molar-refractivity contribution in [1.29, 1.82) is 0 Å². The monoisotopic (exact) mass is 518 g/mol. The van der Waals surface area contributed by atoms with Crippen molar-refractivity contribution in [3.8, 4) is 0 Å². The average Bonchev–Trinajstić information content (AvgIpc) is 2.65. The summed E-state index contributed by atoms with van der Waals surface area (Å²) in [6, 6.07) is 0. The molecule has 174 valence electrons. The highest BCUT2D eigenvalue weighted by Crippen LogP contribution is 2.81. The predicted octanol–water partition coefficient (Wildman–Crippen LogP) is 5.82. The van der Waals surface area contributed by atoms with Crippen LogP contribution >= 0.6 is 46.4 Å². The fourth-order valence-corrected chi connectivity index (χ4v) is 12.1. The maximum atomic E-state index is 13.2. The first-order valence-electron chi connectivity index (χ1n) is 11.7. The summed E-state index contributed by atoms with van der Waals surface area (Å²) in [5.74, 6) is 0.244. The number of hydrogen-bond donors (Lipinski definition) is 0. The minimum absolute atomic E-state index is 0.110. The molecule has 0 saturated heterocycles. The smallest absolute Gasteiger partial charge is 0.228 e. The third-order valence-corrected chi connectivity index (χ3v) is 12.3. The van der Waals surface area contributed by atoms with Crippen LogP contribution in [0.4, 0.5) is 0 Å². The Morgan fingerprint density at radius 3 is 1.34 bits per heavy atom. The van der Waals surface area contributed by atoms with E-state index in [1.165, 1.54) is 0 Å². The summed E-state index contributed by atoms with van der Waals surface area (Å²) in [5, 5.41) is -1.61. The lowest BCUT2D eigenvalue weighted by Crippen LogP contribution is -2.71. The Bertz CT molecular complexity index is 897. The quantitative estimate of drug-likeness (QED) is 0.429. The van der Waals surface area contributed by atoms with Crippen LogP contribution in [0.3, 0.4) is 0 Å². The van der Waals surface area contributed by atoms with Crippen LogP contribution in [0, 0.1) is 50.7 Å². The second kappa shape index (κ2) is 6.53. The van der Waals surface area contributed by atoms with Gasteiger partial charge in [-0.05, 0) is 146 Å². The van der Waals surface area contributed by atoms with Gasteiger partial charge in [-0.15, -0.1) is 0 Å². The highest BCUT2D eigenvalue weighted by molar-refractivity contribution is 6.66. The van der Waals surface area contributed by atoms with Gasteiger partial charge in [0.1, 0.15) is 0 Å². The van der Waals surface area contributed by atoms with E-state index in [0.29, 0.717) is 57.8 Å². The van der Waals surface area contributed by atoms with E-state index in [9.17, 15) is 19.2 Å². The van der Waals surface area contributed by atoms with Crippen molar-refractivity contribution in [3.63, 3.8) is 0 Å². The Morgan fingerprint density at radius 2 is 0.969 bits per heavy atom. The van der Waals surface area contributed by atoms with Gasteiger partial charge in [-0.25, -0.2) is 0 Å². The summed E-state index contributed by atoms with van der Waals surface area (Å²) in [7, 11) is 0. The van der Waals surface area contributed by atoms with E-state index in [-0.39, 0.29) is 34.2 Å². The molecule has 0 aromatic carbocycles. The molecule has 0 aromatic heterocycles. The Labute approximate surface area is 207 Å². The van der Waals surface area contributed by atoms with Gasteiger partial charge in [-0.2, -0.15) is 0 Å². The Balaban J connectivity index is 1.59. The maximum Gasteiger partial charge on any atom is 0.228 e. The molecule has 32 heavy (non-hydrogen) atoms. The van der Waals surface area contributed by atoms with E-state index < -0.39 is 37.6 Å². The van der Waals surface area contributed by atoms with Crippen LogP contribution in [-0.2, 0) is 19.2 Å². The van der Waals surface area contributed by atoms with Gasteiger partial charge in [0, 0.05) is 21.7 Å². The van der Waals surface area contributed by atoms with Crippen LogP contribution in [0.5, 0.6) is 0 Å². The molecule has 0 aliphatic heterocycles. The van der Waals surface area contributed by atoms with Crippen molar-refractivity contribution >= 4 is 67.4 Å². The molecule has 0 spiro atoms. The largest absolute Gasteiger partial charge is 0.281 e. The van der Waals surface area contributed by atoms with Crippen molar-refractivity contribution in [1.82, 2.24) is 0 Å². The summed E-state index contributed by atoms with van der Waals surface area (Å²) in [6.07, 6.45) is 7.07. The molecular formula is C24H26Cl4O4. The molecule has 0 radical (unpaired) electrons. The second-order valence-electron chi connectivity index (χ2n) is 12.6. The van der Waals surface area contributed by atoms with Crippen molar-refractivity contribution < 1.29 is 19.2 Å². The molecule has 0 aromatic rings. The van der Waals surface area contributed by atoms with Crippen molar-refractivity contribution in [3.05, 3.63) is 0 Å². The molecule has 8 bridgehead atoms. The Morgan fingerprint density at radius 1 is 0.531 bits per heavy atom. The van der Waals surface area contributed by atoms with Gasteiger partial charge in [0.05, 0.1) is 0 Å². The molecule has 8 heteroatoms. The second-order valence-corrected chi connectivity index (χ2v) is 13.9. The maximum absolute atomic E-state index is 13.2. The lowest BCUT2D eigenvalue weighted by molar-refractivity contribution is -0.249. The molecule has 2 unspecified atom stereocenters. The first-order chi connectivity index (χ1) is 14.9. The number of carbonyl (C=O) groups excluding carboxylic acids is 4. The summed E-state index contributed by atoms with van der Waals surface area (Å²) in [4.78, 5) is 52.1. The minimum Gasteiger partial charge on any atom is -0.281 e. The van der Waals surface area contributed by atoms with Crippen molar-refractivity contribution in [2.24, 2.45) is 50.7 Å². The molecule has 0 amide bonds. The lowest BCUT2D eigenvalue weighted by atomic mass is 9.29. The third kappa shape index (κ3) is 2.54. The fourth-order valence-electron chi connectivity index (χ4n) is 11.2. The fraction of sp³-hybridized carbons (Fsp3) is 0.833. The molecule has 8 aliphatic rings. The number of rotatable bonds is 5. The van der Waals surface area contributed by atoms with Gasteiger partial charge in [0.15, 0.2) is 0 Å². The van der Waals surface area contributed by atoms with E-state index in [1.807, 2.05) is 0 Å². The standard InChI is InChI=1S/C24H26Cl4O4/c25-16(29)21-3-14-2-20(9-21,10-22(4-14,11-21)17(26)30)15-23(18(27)31)5-12-1-13(7-23)8-24(15,6-12)19(28)32/h12-15H,1-11H2. The lowest BCUT2D eigenvalue weighted by Gasteiger charge is -2.74. The topological polar surface area (TPSA) is 68.3 Å². The van der Waals surface area contributed by atoms with E-state index >= 15 is 0 Å². The SMILES string of the molecule is O=C(Cl)C12CC3CC(C(=O)Cl)(C1)CC(C1C4(C(=O)Cl)CC5CC(C4)CC1(C(=O)Cl)C5)(C3)C2. The van der Waals surface area contributed by atoms with Gasteiger partial charge in [0.2, 0.25) is 21.0 Å². The molecule has 4 nitrogen and oxygen atoms in total. The van der Waals surface area contributed by atoms with Crippen molar-refractivity contribution in [2.75, 3.05) is 0 Å². The van der Waals surface area contributed by atoms with Gasteiger partial charge in [-0.3, -0.25) is 19.2 Å². The predicted molar refractivity (Wildman–Crippen MR) is 120 cm³/mol. The van der Waals surface area contributed by atoms with Gasteiger partial charge in [-0.1, -0.05) is 0 Å². The highest BCUT2D eigenvalue weighted by atomic mass is 35.5.